The van der Waals surface area contributed by atoms with Gasteiger partial charge in [0.2, 0.25) is 5.91 Å². The number of aryl methyl sites for hydroxylation is 1. The Kier molecular flexibility index (Phi) is 5.93. The van der Waals surface area contributed by atoms with Gasteiger partial charge in [0.1, 0.15) is 5.75 Å². The summed E-state index contributed by atoms with van der Waals surface area (Å²) in [7, 11) is 0. The van der Waals surface area contributed by atoms with E-state index in [1.807, 2.05) is 38.1 Å². The van der Waals surface area contributed by atoms with Gasteiger partial charge < -0.3 is 10.1 Å². The molecule has 0 aliphatic heterocycles. The van der Waals surface area contributed by atoms with Gasteiger partial charge in [0, 0.05) is 13.0 Å². The number of rotatable bonds is 7. The number of aromatic amines is 1. The normalized spacial score (nSPS) is 11.9. The van der Waals surface area contributed by atoms with Crippen molar-refractivity contribution < 1.29 is 9.53 Å². The van der Waals surface area contributed by atoms with E-state index in [0.717, 1.165) is 11.3 Å². The molecule has 0 saturated heterocycles. The highest BCUT2D eigenvalue weighted by molar-refractivity contribution is 5.79. The fourth-order valence-electron chi connectivity index (χ4n) is 3.09. The molecule has 1 unspecified atom stereocenters. The maximum atomic E-state index is 12.4. The Bertz CT molecular complexity index is 1080. The fraction of sp³-hybridized carbons (Fsp3) is 0.286. The Labute approximate surface area is 162 Å². The molecule has 3 rings (SSSR count). The van der Waals surface area contributed by atoms with Crippen molar-refractivity contribution in [3.8, 4) is 5.75 Å². The molecular formula is C21H23N3O4. The molecule has 0 aliphatic carbocycles. The van der Waals surface area contributed by atoms with Gasteiger partial charge in [0.15, 0.2) is 0 Å². The summed E-state index contributed by atoms with van der Waals surface area (Å²) in [6.45, 7) is 4.60. The molecule has 1 atom stereocenters. The van der Waals surface area contributed by atoms with E-state index in [1.54, 1.807) is 24.3 Å². The molecule has 0 radical (unpaired) electrons. The molecule has 0 fully saturated rings. The van der Waals surface area contributed by atoms with Crippen LogP contribution in [0.3, 0.4) is 0 Å². The number of nitrogens with one attached hydrogen (secondary N) is 2. The Morgan fingerprint density at radius 1 is 1.14 bits per heavy atom. The molecule has 146 valence electrons. The Balaban J connectivity index is 1.67. The van der Waals surface area contributed by atoms with E-state index in [2.05, 4.69) is 10.3 Å². The average molecular weight is 381 g/mol. The van der Waals surface area contributed by atoms with Crippen molar-refractivity contribution in [2.75, 3.05) is 6.61 Å². The second-order valence-corrected chi connectivity index (χ2v) is 6.47. The maximum absolute atomic E-state index is 12.4. The average Bonchev–Trinajstić information content (AvgIpc) is 2.68. The number of para-hydroxylation sites is 1. The first-order valence-corrected chi connectivity index (χ1v) is 9.23. The van der Waals surface area contributed by atoms with Gasteiger partial charge >= 0.3 is 5.69 Å². The summed E-state index contributed by atoms with van der Waals surface area (Å²) in [5.41, 5.74) is 0.536. The third kappa shape index (κ3) is 4.31. The predicted octanol–water partition coefficient (Wildman–Crippen LogP) is 2.36. The highest BCUT2D eigenvalue weighted by atomic mass is 16.5. The molecule has 1 heterocycles. The van der Waals surface area contributed by atoms with Crippen LogP contribution >= 0.6 is 0 Å². The van der Waals surface area contributed by atoms with Crippen molar-refractivity contribution in [1.82, 2.24) is 14.9 Å². The number of carbonyl (C=O) groups is 1. The van der Waals surface area contributed by atoms with Gasteiger partial charge in [0.25, 0.3) is 5.56 Å². The van der Waals surface area contributed by atoms with Gasteiger partial charge in [-0.15, -0.1) is 0 Å². The second-order valence-electron chi connectivity index (χ2n) is 6.47. The molecular weight excluding hydrogens is 358 g/mol. The lowest BCUT2D eigenvalue weighted by Gasteiger charge is -2.15. The summed E-state index contributed by atoms with van der Waals surface area (Å²) in [5, 5.41) is 3.35. The minimum absolute atomic E-state index is 0.122. The van der Waals surface area contributed by atoms with Gasteiger partial charge in [-0.05, 0) is 43.7 Å². The summed E-state index contributed by atoms with van der Waals surface area (Å²) in [5.74, 6) is 0.609. The van der Waals surface area contributed by atoms with Crippen LogP contribution < -0.4 is 21.3 Å². The van der Waals surface area contributed by atoms with Crippen LogP contribution in [0.1, 0.15) is 31.9 Å². The van der Waals surface area contributed by atoms with Crippen LogP contribution in [-0.4, -0.2) is 22.1 Å². The van der Waals surface area contributed by atoms with Gasteiger partial charge in [-0.1, -0.05) is 24.3 Å². The van der Waals surface area contributed by atoms with Gasteiger partial charge in [-0.25, -0.2) is 4.79 Å². The first-order chi connectivity index (χ1) is 13.5. The minimum Gasteiger partial charge on any atom is -0.494 e. The lowest BCUT2D eigenvalue weighted by atomic mass is 10.1. The van der Waals surface area contributed by atoms with Gasteiger partial charge in [-0.3, -0.25) is 19.1 Å². The molecule has 2 N–H and O–H groups in total. The number of benzene rings is 2. The Hall–Kier alpha value is -3.35. The Morgan fingerprint density at radius 2 is 1.86 bits per heavy atom. The molecule has 1 amide bonds. The van der Waals surface area contributed by atoms with Crippen molar-refractivity contribution in [2.45, 2.75) is 32.9 Å². The largest absolute Gasteiger partial charge is 0.494 e. The van der Waals surface area contributed by atoms with E-state index >= 15 is 0 Å². The van der Waals surface area contributed by atoms with Crippen molar-refractivity contribution in [3.63, 3.8) is 0 Å². The molecule has 1 aromatic heterocycles. The number of hydrogen-bond acceptors (Lipinski definition) is 4. The van der Waals surface area contributed by atoms with Crippen LogP contribution in [0.25, 0.3) is 10.9 Å². The molecule has 28 heavy (non-hydrogen) atoms. The molecule has 7 nitrogen and oxygen atoms in total. The van der Waals surface area contributed by atoms with Crippen molar-refractivity contribution in [1.29, 1.82) is 0 Å². The van der Waals surface area contributed by atoms with Crippen LogP contribution in [0, 0.1) is 0 Å². The summed E-state index contributed by atoms with van der Waals surface area (Å²) in [6, 6.07) is 14.2. The van der Waals surface area contributed by atoms with E-state index in [1.165, 1.54) is 4.57 Å². The van der Waals surface area contributed by atoms with Crippen molar-refractivity contribution >= 4 is 16.8 Å². The van der Waals surface area contributed by atoms with Gasteiger partial charge in [-0.2, -0.15) is 0 Å². The molecule has 0 bridgehead atoms. The van der Waals surface area contributed by atoms with E-state index < -0.39 is 11.2 Å². The lowest BCUT2D eigenvalue weighted by molar-refractivity contribution is -0.121. The van der Waals surface area contributed by atoms with E-state index in [9.17, 15) is 14.4 Å². The molecule has 0 spiro atoms. The topological polar surface area (TPSA) is 93.2 Å². The number of aromatic nitrogens is 2. The Morgan fingerprint density at radius 3 is 2.57 bits per heavy atom. The third-order valence-electron chi connectivity index (χ3n) is 4.54. The molecule has 3 aromatic rings. The zero-order chi connectivity index (χ0) is 20.1. The molecule has 0 saturated carbocycles. The van der Waals surface area contributed by atoms with Crippen molar-refractivity contribution in [3.05, 3.63) is 74.9 Å². The van der Waals surface area contributed by atoms with Gasteiger partial charge in [0.05, 0.1) is 23.6 Å². The molecule has 2 aromatic carbocycles. The highest BCUT2D eigenvalue weighted by Gasteiger charge is 2.12. The SMILES string of the molecule is CCOc1ccc(C(C)NC(=O)CCn2c(=O)[nH]c(=O)c3ccccc32)cc1. The first-order valence-electron chi connectivity index (χ1n) is 9.23. The summed E-state index contributed by atoms with van der Waals surface area (Å²) < 4.78 is 6.83. The predicted molar refractivity (Wildman–Crippen MR) is 108 cm³/mol. The van der Waals surface area contributed by atoms with E-state index in [4.69, 9.17) is 4.74 Å². The number of amides is 1. The standard InChI is InChI=1S/C21H23N3O4/c1-3-28-16-10-8-15(9-11-16)14(2)22-19(25)12-13-24-18-7-5-4-6-17(18)20(26)23-21(24)27/h4-11,14H,3,12-13H2,1-2H3,(H,22,25)(H,23,26,27). The van der Waals surface area contributed by atoms with Crippen molar-refractivity contribution in [2.24, 2.45) is 0 Å². The van der Waals surface area contributed by atoms with Crippen LogP contribution in [-0.2, 0) is 11.3 Å². The van der Waals surface area contributed by atoms with Crippen LogP contribution in [0.15, 0.2) is 58.1 Å². The zero-order valence-electron chi connectivity index (χ0n) is 15.9. The number of carbonyl (C=O) groups excluding carboxylic acids is 1. The number of hydrogen-bond donors (Lipinski definition) is 2. The monoisotopic (exact) mass is 381 g/mol. The number of ether oxygens (including phenoxy) is 1. The molecule has 0 aliphatic rings. The zero-order valence-corrected chi connectivity index (χ0v) is 15.9. The summed E-state index contributed by atoms with van der Waals surface area (Å²) >= 11 is 0. The number of H-pyrrole nitrogens is 1. The lowest BCUT2D eigenvalue weighted by Crippen LogP contribution is -2.33. The van der Waals surface area contributed by atoms with E-state index in [-0.39, 0.29) is 24.9 Å². The van der Waals surface area contributed by atoms with Crippen LogP contribution in [0.2, 0.25) is 0 Å². The van der Waals surface area contributed by atoms with Crippen LogP contribution in [0.5, 0.6) is 5.75 Å². The number of fused-ring (bicyclic) bond motifs is 1. The fourth-order valence-corrected chi connectivity index (χ4v) is 3.09. The summed E-state index contributed by atoms with van der Waals surface area (Å²) in [4.78, 5) is 38.7. The summed E-state index contributed by atoms with van der Waals surface area (Å²) in [6.07, 6.45) is 0.122. The highest BCUT2D eigenvalue weighted by Crippen LogP contribution is 2.17. The van der Waals surface area contributed by atoms with E-state index in [0.29, 0.717) is 17.5 Å². The second kappa shape index (κ2) is 8.56. The number of nitrogens with zero attached hydrogens (tertiary/aromatic N) is 1. The molecule has 7 heteroatoms. The smallest absolute Gasteiger partial charge is 0.328 e. The quantitative estimate of drug-likeness (QED) is 0.657. The third-order valence-corrected chi connectivity index (χ3v) is 4.54. The maximum Gasteiger partial charge on any atom is 0.328 e. The minimum atomic E-state index is -0.518. The van der Waals surface area contributed by atoms with Crippen LogP contribution in [0.4, 0.5) is 0 Å². The first kappa shape index (κ1) is 19.4.